The zero-order valence-corrected chi connectivity index (χ0v) is 9.22. The van der Waals surface area contributed by atoms with Crippen LogP contribution in [0, 0.1) is 6.92 Å². The average molecular weight is 198 g/mol. The lowest BCUT2D eigenvalue weighted by Crippen LogP contribution is -2.23. The van der Waals surface area contributed by atoms with Crippen molar-refractivity contribution >= 4 is 12.6 Å². The summed E-state index contributed by atoms with van der Waals surface area (Å²) in [6.45, 7) is 5.82. The topological polar surface area (TPSA) is 34.9 Å². The van der Waals surface area contributed by atoms with Crippen molar-refractivity contribution in [2.75, 3.05) is 0 Å². The van der Waals surface area contributed by atoms with Gasteiger partial charge in [0.05, 0.1) is 10.6 Å². The minimum absolute atomic E-state index is 0.0699. The molecule has 0 amide bonds. The molecule has 1 aromatic heterocycles. The Morgan fingerprint density at radius 1 is 1.46 bits per heavy atom. The van der Waals surface area contributed by atoms with Gasteiger partial charge in [-0.3, -0.25) is 9.36 Å². The largest absolute Gasteiger partial charge is 0.299 e. The summed E-state index contributed by atoms with van der Waals surface area (Å²) in [5, 5.41) is 0. The van der Waals surface area contributed by atoms with Crippen molar-refractivity contribution in [3.63, 3.8) is 0 Å². The van der Waals surface area contributed by atoms with Gasteiger partial charge in [-0.2, -0.15) is 0 Å². The van der Waals surface area contributed by atoms with Gasteiger partial charge in [0, 0.05) is 7.05 Å². The third kappa shape index (κ3) is 1.77. The SMILES string of the molecule is Cc1nc(C(C)C)c(S)c(=O)n1C. The predicted molar refractivity (Wildman–Crippen MR) is 55.6 cm³/mol. The summed E-state index contributed by atoms with van der Waals surface area (Å²) >= 11 is 4.17. The first-order valence-electron chi connectivity index (χ1n) is 4.21. The first kappa shape index (κ1) is 10.3. The first-order valence-corrected chi connectivity index (χ1v) is 4.66. The lowest BCUT2D eigenvalue weighted by atomic mass is 10.1. The fourth-order valence-corrected chi connectivity index (χ4v) is 1.58. The molecule has 0 atom stereocenters. The Bertz CT molecular complexity index is 382. The molecule has 0 spiro atoms. The smallest absolute Gasteiger partial charge is 0.266 e. The van der Waals surface area contributed by atoms with Crippen LogP contribution in [0.3, 0.4) is 0 Å². The number of nitrogens with zero attached hydrogens (tertiary/aromatic N) is 2. The summed E-state index contributed by atoms with van der Waals surface area (Å²) in [6.07, 6.45) is 0. The number of aryl methyl sites for hydroxylation is 1. The Labute approximate surface area is 83.2 Å². The predicted octanol–water partition coefficient (Wildman–Crippen LogP) is 1.50. The van der Waals surface area contributed by atoms with E-state index in [0.717, 1.165) is 11.5 Å². The lowest BCUT2D eigenvalue weighted by Gasteiger charge is -2.10. The third-order valence-electron chi connectivity index (χ3n) is 2.06. The molecule has 0 aliphatic heterocycles. The minimum Gasteiger partial charge on any atom is -0.299 e. The van der Waals surface area contributed by atoms with Gasteiger partial charge in [-0.15, -0.1) is 12.6 Å². The van der Waals surface area contributed by atoms with Gasteiger partial charge in [-0.1, -0.05) is 13.8 Å². The lowest BCUT2D eigenvalue weighted by molar-refractivity contribution is 0.688. The number of hydrogen-bond donors (Lipinski definition) is 1. The van der Waals surface area contributed by atoms with Crippen LogP contribution in [0.2, 0.25) is 0 Å². The van der Waals surface area contributed by atoms with Crippen LogP contribution in [-0.2, 0) is 7.05 Å². The molecule has 0 aromatic carbocycles. The summed E-state index contributed by atoms with van der Waals surface area (Å²) in [6, 6.07) is 0. The number of aromatic nitrogens is 2. The van der Waals surface area contributed by atoms with Crippen LogP contribution in [0.5, 0.6) is 0 Å². The Balaban J connectivity index is 3.51. The quantitative estimate of drug-likeness (QED) is 0.694. The second kappa shape index (κ2) is 3.54. The van der Waals surface area contributed by atoms with Crippen molar-refractivity contribution in [3.05, 3.63) is 21.9 Å². The van der Waals surface area contributed by atoms with Crippen molar-refractivity contribution in [1.82, 2.24) is 9.55 Å². The molecular weight excluding hydrogens is 184 g/mol. The highest BCUT2D eigenvalue weighted by Gasteiger charge is 2.11. The molecule has 0 saturated heterocycles. The number of thiol groups is 1. The van der Waals surface area contributed by atoms with E-state index in [1.807, 2.05) is 20.8 Å². The van der Waals surface area contributed by atoms with Crippen molar-refractivity contribution in [1.29, 1.82) is 0 Å². The highest BCUT2D eigenvalue weighted by Crippen LogP contribution is 2.16. The van der Waals surface area contributed by atoms with E-state index in [4.69, 9.17) is 0 Å². The molecule has 72 valence electrons. The van der Waals surface area contributed by atoms with Gasteiger partial charge in [-0.05, 0) is 12.8 Å². The van der Waals surface area contributed by atoms with E-state index in [9.17, 15) is 4.79 Å². The maximum atomic E-state index is 11.6. The second-order valence-corrected chi connectivity index (χ2v) is 3.86. The van der Waals surface area contributed by atoms with Gasteiger partial charge in [0.25, 0.3) is 5.56 Å². The standard InChI is InChI=1S/C9H14N2OS/c1-5(2)7-8(13)9(12)11(4)6(3)10-7/h5,13H,1-4H3. The summed E-state index contributed by atoms with van der Waals surface area (Å²) in [5.41, 5.74) is 0.712. The van der Waals surface area contributed by atoms with Gasteiger partial charge < -0.3 is 0 Å². The molecule has 0 bridgehead atoms. The van der Waals surface area contributed by atoms with Gasteiger partial charge in [-0.25, -0.2) is 4.98 Å². The van der Waals surface area contributed by atoms with E-state index in [-0.39, 0.29) is 11.5 Å². The summed E-state index contributed by atoms with van der Waals surface area (Å²) < 4.78 is 1.51. The Morgan fingerprint density at radius 2 is 2.00 bits per heavy atom. The van der Waals surface area contributed by atoms with Crippen LogP contribution in [0.15, 0.2) is 9.69 Å². The molecule has 4 heteroatoms. The van der Waals surface area contributed by atoms with E-state index < -0.39 is 0 Å². The number of hydrogen-bond acceptors (Lipinski definition) is 3. The van der Waals surface area contributed by atoms with E-state index in [1.165, 1.54) is 4.57 Å². The average Bonchev–Trinajstić information content (AvgIpc) is 2.07. The molecule has 0 radical (unpaired) electrons. The van der Waals surface area contributed by atoms with Gasteiger partial charge in [0.2, 0.25) is 0 Å². The third-order valence-corrected chi connectivity index (χ3v) is 2.48. The molecular formula is C9H14N2OS. The molecule has 0 fully saturated rings. The second-order valence-electron chi connectivity index (χ2n) is 3.41. The molecule has 0 aliphatic rings. The van der Waals surface area contributed by atoms with E-state index >= 15 is 0 Å². The maximum Gasteiger partial charge on any atom is 0.266 e. The van der Waals surface area contributed by atoms with E-state index in [1.54, 1.807) is 7.05 Å². The fourth-order valence-electron chi connectivity index (χ4n) is 1.12. The summed E-state index contributed by atoms with van der Waals surface area (Å²) in [7, 11) is 1.70. The highest BCUT2D eigenvalue weighted by atomic mass is 32.1. The first-order chi connectivity index (χ1) is 5.95. The summed E-state index contributed by atoms with van der Waals surface area (Å²) in [4.78, 5) is 16.3. The Kier molecular flexibility index (Phi) is 2.81. The van der Waals surface area contributed by atoms with Crippen molar-refractivity contribution in [2.24, 2.45) is 7.05 Å². The molecule has 3 nitrogen and oxygen atoms in total. The van der Waals surface area contributed by atoms with Gasteiger partial charge in [0.15, 0.2) is 0 Å². The van der Waals surface area contributed by atoms with Crippen LogP contribution >= 0.6 is 12.6 Å². The van der Waals surface area contributed by atoms with Crippen LogP contribution < -0.4 is 5.56 Å². The maximum absolute atomic E-state index is 11.6. The fraction of sp³-hybridized carbons (Fsp3) is 0.556. The molecule has 0 aliphatic carbocycles. The van der Waals surface area contributed by atoms with Crippen LogP contribution in [0.25, 0.3) is 0 Å². The summed E-state index contributed by atoms with van der Waals surface area (Å²) in [5.74, 6) is 0.964. The number of rotatable bonds is 1. The Hall–Kier alpha value is -0.770. The van der Waals surface area contributed by atoms with Crippen LogP contribution in [0.1, 0.15) is 31.3 Å². The molecule has 0 saturated carbocycles. The molecule has 1 rings (SSSR count). The normalized spacial score (nSPS) is 10.9. The van der Waals surface area contributed by atoms with Crippen molar-refractivity contribution in [3.8, 4) is 0 Å². The van der Waals surface area contributed by atoms with E-state index in [2.05, 4.69) is 17.6 Å². The zero-order valence-electron chi connectivity index (χ0n) is 8.33. The van der Waals surface area contributed by atoms with Gasteiger partial charge >= 0.3 is 0 Å². The van der Waals surface area contributed by atoms with Crippen molar-refractivity contribution < 1.29 is 0 Å². The molecule has 1 aromatic rings. The Morgan fingerprint density at radius 3 is 2.46 bits per heavy atom. The molecule has 0 unspecified atom stereocenters. The monoisotopic (exact) mass is 198 g/mol. The van der Waals surface area contributed by atoms with Crippen LogP contribution in [-0.4, -0.2) is 9.55 Å². The molecule has 13 heavy (non-hydrogen) atoms. The molecule has 0 N–H and O–H groups in total. The van der Waals surface area contributed by atoms with Crippen LogP contribution in [0.4, 0.5) is 0 Å². The van der Waals surface area contributed by atoms with Gasteiger partial charge in [0.1, 0.15) is 5.82 Å². The van der Waals surface area contributed by atoms with E-state index in [0.29, 0.717) is 4.90 Å². The molecule has 1 heterocycles. The van der Waals surface area contributed by atoms with Crippen molar-refractivity contribution in [2.45, 2.75) is 31.6 Å². The minimum atomic E-state index is -0.0699. The zero-order chi connectivity index (χ0) is 10.2. The highest BCUT2D eigenvalue weighted by molar-refractivity contribution is 7.80.